The number of thioether (sulfide) groups is 1. The molecular formula is C24H20N4O5S. The Labute approximate surface area is 197 Å². The van der Waals surface area contributed by atoms with E-state index in [1.807, 2.05) is 40.8 Å². The second-order valence-electron chi connectivity index (χ2n) is 7.44. The van der Waals surface area contributed by atoms with E-state index in [0.717, 1.165) is 0 Å². The van der Waals surface area contributed by atoms with Crippen LogP contribution in [0.25, 0.3) is 22.4 Å². The Morgan fingerprint density at radius 2 is 1.91 bits per heavy atom. The first-order valence-corrected chi connectivity index (χ1v) is 11.3. The molecule has 0 aliphatic heterocycles. The first kappa shape index (κ1) is 21.8. The number of methoxy groups -OCH3 is 2. The molecular weight excluding hydrogens is 456 g/mol. The molecule has 0 aliphatic carbocycles. The van der Waals surface area contributed by atoms with E-state index in [4.69, 9.17) is 13.9 Å². The van der Waals surface area contributed by atoms with Crippen LogP contribution in [0.5, 0.6) is 5.75 Å². The fourth-order valence-electron chi connectivity index (χ4n) is 3.82. The Morgan fingerprint density at radius 3 is 2.71 bits per heavy atom. The largest absolute Gasteiger partial charge is 0.497 e. The van der Waals surface area contributed by atoms with E-state index in [2.05, 4.69) is 10.2 Å². The zero-order valence-corrected chi connectivity index (χ0v) is 19.5. The number of para-hydroxylation sites is 1. The summed E-state index contributed by atoms with van der Waals surface area (Å²) in [6.45, 7) is 1.72. The van der Waals surface area contributed by atoms with Gasteiger partial charge in [0, 0.05) is 6.07 Å². The summed E-state index contributed by atoms with van der Waals surface area (Å²) in [5, 5.41) is 9.82. The number of hydrogen-bond donors (Lipinski definition) is 0. The highest BCUT2D eigenvalue weighted by Gasteiger charge is 2.20. The van der Waals surface area contributed by atoms with Crippen molar-refractivity contribution in [2.75, 3.05) is 14.2 Å². The monoisotopic (exact) mass is 476 g/mol. The van der Waals surface area contributed by atoms with E-state index in [1.165, 1.54) is 23.4 Å². The Hall–Kier alpha value is -4.05. The lowest BCUT2D eigenvalue weighted by atomic mass is 10.2. The minimum absolute atomic E-state index is 0.204. The van der Waals surface area contributed by atoms with Crippen molar-refractivity contribution in [2.45, 2.75) is 17.8 Å². The summed E-state index contributed by atoms with van der Waals surface area (Å²) in [5.74, 6) is 2.06. The smallest absolute Gasteiger partial charge is 0.341 e. The highest BCUT2D eigenvalue weighted by atomic mass is 32.2. The van der Waals surface area contributed by atoms with Crippen LogP contribution < -0.4 is 10.3 Å². The molecule has 0 saturated heterocycles. The van der Waals surface area contributed by atoms with Crippen molar-refractivity contribution < 1.29 is 18.7 Å². The van der Waals surface area contributed by atoms with Gasteiger partial charge >= 0.3 is 5.97 Å². The lowest BCUT2D eigenvalue weighted by molar-refractivity contribution is 0.0599. The topological polar surface area (TPSA) is 101 Å². The lowest BCUT2D eigenvalue weighted by Crippen LogP contribution is -2.21. The van der Waals surface area contributed by atoms with Gasteiger partial charge in [-0.05, 0) is 37.3 Å². The summed E-state index contributed by atoms with van der Waals surface area (Å²) in [7, 11) is 2.91. The van der Waals surface area contributed by atoms with Gasteiger partial charge in [0.05, 0.1) is 36.6 Å². The molecule has 34 heavy (non-hydrogen) atoms. The predicted molar refractivity (Wildman–Crippen MR) is 127 cm³/mol. The van der Waals surface area contributed by atoms with Gasteiger partial charge < -0.3 is 13.9 Å². The third-order valence-corrected chi connectivity index (χ3v) is 6.38. The van der Waals surface area contributed by atoms with Crippen LogP contribution in [0.1, 0.15) is 21.9 Å². The van der Waals surface area contributed by atoms with E-state index >= 15 is 0 Å². The van der Waals surface area contributed by atoms with Crippen LogP contribution in [-0.2, 0) is 10.5 Å². The van der Waals surface area contributed by atoms with Crippen LogP contribution in [-0.4, -0.2) is 39.4 Å². The van der Waals surface area contributed by atoms with Gasteiger partial charge in [-0.1, -0.05) is 30.0 Å². The number of nitrogens with zero attached hydrogens (tertiary/aromatic N) is 4. The van der Waals surface area contributed by atoms with Gasteiger partial charge in [0.25, 0.3) is 5.56 Å². The number of carbonyl (C=O) groups excluding carboxylic acids is 1. The molecule has 3 aromatic heterocycles. The van der Waals surface area contributed by atoms with E-state index in [-0.39, 0.29) is 5.56 Å². The van der Waals surface area contributed by atoms with Crippen molar-refractivity contribution in [3.05, 3.63) is 82.0 Å². The molecule has 0 saturated carbocycles. The summed E-state index contributed by atoms with van der Waals surface area (Å²) in [6.07, 6.45) is 0. The SMILES string of the molecule is COC(=O)c1cc(CSc2nnc3n(-c4cccc(OC)c4)c(=O)c4ccccc4n23)oc1C. The number of ether oxygens (including phenoxy) is 2. The molecule has 0 unspecified atom stereocenters. The minimum Gasteiger partial charge on any atom is -0.497 e. The average molecular weight is 477 g/mol. The number of carbonyl (C=O) groups is 1. The molecule has 2 aromatic carbocycles. The first-order chi connectivity index (χ1) is 16.5. The molecule has 0 amide bonds. The number of benzene rings is 2. The standard InChI is InChI=1S/C24H20N4O5S/c1-14-19(22(30)32-3)12-17(33-14)13-34-24-26-25-23-27(15-7-6-8-16(11-15)31-2)21(29)18-9-4-5-10-20(18)28(23)24/h4-12H,13H2,1-3H3. The normalized spacial score (nSPS) is 11.3. The molecule has 0 spiro atoms. The fourth-order valence-corrected chi connectivity index (χ4v) is 4.64. The number of furan rings is 1. The molecule has 5 aromatic rings. The van der Waals surface area contributed by atoms with Gasteiger partial charge in [0.1, 0.15) is 22.8 Å². The van der Waals surface area contributed by atoms with Crippen LogP contribution in [0.4, 0.5) is 0 Å². The van der Waals surface area contributed by atoms with E-state index in [0.29, 0.717) is 56.1 Å². The molecule has 0 radical (unpaired) electrons. The summed E-state index contributed by atoms with van der Waals surface area (Å²) >= 11 is 1.39. The summed E-state index contributed by atoms with van der Waals surface area (Å²) in [6, 6.07) is 16.2. The van der Waals surface area contributed by atoms with Crippen LogP contribution in [0.3, 0.4) is 0 Å². The first-order valence-electron chi connectivity index (χ1n) is 10.4. The molecule has 0 aliphatic rings. The van der Waals surface area contributed by atoms with Gasteiger partial charge in [-0.3, -0.25) is 9.20 Å². The molecule has 0 bridgehead atoms. The van der Waals surface area contributed by atoms with Gasteiger partial charge in [-0.2, -0.15) is 0 Å². The van der Waals surface area contributed by atoms with Gasteiger partial charge in [-0.25, -0.2) is 9.36 Å². The number of rotatable bonds is 6. The van der Waals surface area contributed by atoms with Gasteiger partial charge in [-0.15, -0.1) is 10.2 Å². The summed E-state index contributed by atoms with van der Waals surface area (Å²) < 4.78 is 19.2. The molecule has 10 heteroatoms. The summed E-state index contributed by atoms with van der Waals surface area (Å²) in [5.41, 5.74) is 1.50. The third kappa shape index (κ3) is 3.61. The predicted octanol–water partition coefficient (Wildman–Crippen LogP) is 4.02. The minimum atomic E-state index is -0.446. The van der Waals surface area contributed by atoms with Crippen LogP contribution in [0.15, 0.2) is 69.0 Å². The Balaban J connectivity index is 1.63. The van der Waals surface area contributed by atoms with Crippen LogP contribution >= 0.6 is 11.8 Å². The molecule has 9 nitrogen and oxygen atoms in total. The number of aromatic nitrogens is 4. The highest BCUT2D eigenvalue weighted by molar-refractivity contribution is 7.98. The Bertz CT molecular complexity index is 1600. The zero-order valence-electron chi connectivity index (χ0n) is 18.6. The zero-order chi connectivity index (χ0) is 23.8. The fraction of sp³-hybridized carbons (Fsp3) is 0.167. The van der Waals surface area contributed by atoms with Gasteiger partial charge in [0.15, 0.2) is 5.16 Å². The average Bonchev–Trinajstić information content (AvgIpc) is 3.46. The molecule has 0 atom stereocenters. The van der Waals surface area contributed by atoms with Crippen molar-refractivity contribution in [1.82, 2.24) is 19.2 Å². The second kappa shape index (κ2) is 8.71. The maximum absolute atomic E-state index is 13.4. The Morgan fingerprint density at radius 1 is 1.09 bits per heavy atom. The second-order valence-corrected chi connectivity index (χ2v) is 8.38. The molecule has 0 fully saturated rings. The number of fused-ring (bicyclic) bond motifs is 3. The number of aryl methyl sites for hydroxylation is 1. The Kier molecular flexibility index (Phi) is 5.58. The van der Waals surface area contributed by atoms with E-state index in [1.54, 1.807) is 32.2 Å². The molecule has 5 rings (SSSR count). The maximum Gasteiger partial charge on any atom is 0.341 e. The number of esters is 1. The van der Waals surface area contributed by atoms with Gasteiger partial charge in [0.2, 0.25) is 5.78 Å². The third-order valence-electron chi connectivity index (χ3n) is 5.42. The number of hydrogen-bond acceptors (Lipinski definition) is 8. The lowest BCUT2D eigenvalue weighted by Gasteiger charge is -2.12. The van der Waals surface area contributed by atoms with Crippen LogP contribution in [0.2, 0.25) is 0 Å². The van der Waals surface area contributed by atoms with Crippen LogP contribution in [0, 0.1) is 6.92 Å². The van der Waals surface area contributed by atoms with Crippen molar-refractivity contribution >= 4 is 34.4 Å². The quantitative estimate of drug-likeness (QED) is 0.268. The van der Waals surface area contributed by atoms with Crippen molar-refractivity contribution in [2.24, 2.45) is 0 Å². The molecule has 0 N–H and O–H groups in total. The van der Waals surface area contributed by atoms with Crippen molar-refractivity contribution in [3.63, 3.8) is 0 Å². The maximum atomic E-state index is 13.4. The summed E-state index contributed by atoms with van der Waals surface area (Å²) in [4.78, 5) is 25.3. The molecule has 3 heterocycles. The van der Waals surface area contributed by atoms with Crippen molar-refractivity contribution in [1.29, 1.82) is 0 Å². The van der Waals surface area contributed by atoms with Crippen molar-refractivity contribution in [3.8, 4) is 11.4 Å². The van der Waals surface area contributed by atoms with E-state index < -0.39 is 5.97 Å². The highest BCUT2D eigenvalue weighted by Crippen LogP contribution is 2.28. The van der Waals surface area contributed by atoms with E-state index in [9.17, 15) is 9.59 Å². The molecule has 172 valence electrons.